The molecule has 2 aliphatic heterocycles. The van der Waals surface area contributed by atoms with Crippen molar-refractivity contribution in [3.05, 3.63) is 52.2 Å². The molecule has 0 radical (unpaired) electrons. The first kappa shape index (κ1) is 20.9. The smallest absolute Gasteiger partial charge is 0.352 e. The van der Waals surface area contributed by atoms with E-state index < -0.39 is 17.4 Å². The number of amides is 2. The number of hydrogen-bond donors (Lipinski definition) is 2. The van der Waals surface area contributed by atoms with Crippen molar-refractivity contribution < 1.29 is 19.5 Å². The first-order valence-corrected chi connectivity index (χ1v) is 12.0. The van der Waals surface area contributed by atoms with Gasteiger partial charge in [-0.25, -0.2) is 4.79 Å². The number of benzene rings is 1. The number of nitrogens with zero attached hydrogens (tertiary/aromatic N) is 3. The summed E-state index contributed by atoms with van der Waals surface area (Å²) in [6, 6.07) is 8.55. The van der Waals surface area contributed by atoms with Gasteiger partial charge in [0, 0.05) is 11.5 Å². The van der Waals surface area contributed by atoms with Crippen LogP contribution in [0, 0.1) is 6.92 Å². The molecule has 8 nitrogen and oxygen atoms in total. The third kappa shape index (κ3) is 4.23. The van der Waals surface area contributed by atoms with Gasteiger partial charge in [-0.15, -0.1) is 22.0 Å². The van der Waals surface area contributed by atoms with Crippen LogP contribution in [0.3, 0.4) is 0 Å². The van der Waals surface area contributed by atoms with Gasteiger partial charge >= 0.3 is 5.97 Å². The predicted octanol–water partition coefficient (Wildman–Crippen LogP) is 1.92. The first-order valence-electron chi connectivity index (χ1n) is 9.10. The average Bonchev–Trinajstić information content (AvgIpc) is 3.15. The standard InChI is InChI=1S/C19H18N4O4S3/c1-10-21-22-19(30-10)29-9-12-8-28-17-14(16(25)23(17)15(12)18(26)27)20-13(24)7-11-5-3-2-4-6-11/h2-6,14,17H,7-9H2,1H3,(H,20,24)(H,26,27)/t14?,17-/m1/s1. The van der Waals surface area contributed by atoms with Crippen molar-refractivity contribution >= 4 is 52.6 Å². The van der Waals surface area contributed by atoms with Gasteiger partial charge in [0.05, 0.1) is 6.42 Å². The second kappa shape index (κ2) is 8.78. The number of aromatic nitrogens is 2. The summed E-state index contributed by atoms with van der Waals surface area (Å²) in [5.41, 5.74) is 1.54. The van der Waals surface area contributed by atoms with Crippen molar-refractivity contribution in [1.82, 2.24) is 20.4 Å². The van der Waals surface area contributed by atoms with Crippen molar-refractivity contribution in [2.24, 2.45) is 0 Å². The van der Waals surface area contributed by atoms with E-state index in [2.05, 4.69) is 15.5 Å². The Morgan fingerprint density at radius 1 is 1.30 bits per heavy atom. The third-order valence-corrected chi connectivity index (χ3v) is 8.05. The van der Waals surface area contributed by atoms with Gasteiger partial charge in [0.1, 0.15) is 22.1 Å². The molecule has 2 aromatic rings. The Morgan fingerprint density at radius 2 is 2.07 bits per heavy atom. The van der Waals surface area contributed by atoms with Crippen molar-refractivity contribution in [3.63, 3.8) is 0 Å². The van der Waals surface area contributed by atoms with E-state index >= 15 is 0 Å². The quantitative estimate of drug-likeness (QED) is 0.474. The second-order valence-corrected chi connectivity index (χ2v) is 10.3. The number of carboxylic acids is 1. The number of β-lactam (4-membered cyclic amide) rings is 1. The Balaban J connectivity index is 1.43. The molecular weight excluding hydrogens is 444 g/mol. The number of aryl methyl sites for hydroxylation is 1. The molecule has 2 amide bonds. The summed E-state index contributed by atoms with van der Waals surface area (Å²) in [6.45, 7) is 1.86. The molecule has 1 unspecified atom stereocenters. The Labute approximate surface area is 185 Å². The molecule has 1 fully saturated rings. The minimum Gasteiger partial charge on any atom is -0.477 e. The highest BCUT2D eigenvalue weighted by atomic mass is 32.2. The molecule has 0 spiro atoms. The highest BCUT2D eigenvalue weighted by Gasteiger charge is 2.54. The molecule has 11 heteroatoms. The fraction of sp³-hybridized carbons (Fsp3) is 0.316. The van der Waals surface area contributed by atoms with E-state index in [4.69, 9.17) is 0 Å². The van der Waals surface area contributed by atoms with Crippen LogP contribution < -0.4 is 5.32 Å². The van der Waals surface area contributed by atoms with Crippen LogP contribution in [0.15, 0.2) is 45.9 Å². The Kier molecular flexibility index (Phi) is 6.11. The maximum Gasteiger partial charge on any atom is 0.352 e. The molecule has 4 rings (SSSR count). The SMILES string of the molecule is Cc1nnc(SCC2=C(C(=O)O)N3C(=O)C(NC(=O)Cc4ccccc4)[C@H]3SC2)s1. The van der Waals surface area contributed by atoms with Crippen LogP contribution in [-0.2, 0) is 20.8 Å². The number of carboxylic acid groups (broad SMARTS) is 1. The number of carbonyl (C=O) groups excluding carboxylic acids is 2. The van der Waals surface area contributed by atoms with E-state index in [1.165, 1.54) is 39.8 Å². The lowest BCUT2D eigenvalue weighted by Gasteiger charge is -2.49. The molecule has 0 bridgehead atoms. The molecule has 1 saturated heterocycles. The van der Waals surface area contributed by atoms with E-state index in [1.807, 2.05) is 37.3 Å². The highest BCUT2D eigenvalue weighted by Crippen LogP contribution is 2.41. The Morgan fingerprint density at radius 3 is 2.73 bits per heavy atom. The molecule has 3 heterocycles. The molecule has 2 N–H and O–H groups in total. The van der Waals surface area contributed by atoms with Gasteiger partial charge in [-0.3, -0.25) is 14.5 Å². The molecular formula is C19H18N4O4S3. The van der Waals surface area contributed by atoms with Gasteiger partial charge in [-0.1, -0.05) is 53.4 Å². The lowest BCUT2D eigenvalue weighted by atomic mass is 10.0. The maximum absolute atomic E-state index is 12.7. The molecule has 156 valence electrons. The lowest BCUT2D eigenvalue weighted by Crippen LogP contribution is -2.70. The summed E-state index contributed by atoms with van der Waals surface area (Å²) in [5, 5.41) is 20.9. The average molecular weight is 463 g/mol. The molecule has 0 aliphatic carbocycles. The summed E-state index contributed by atoms with van der Waals surface area (Å²) in [6.07, 6.45) is 0.173. The molecule has 1 aromatic carbocycles. The largest absolute Gasteiger partial charge is 0.477 e. The number of nitrogens with one attached hydrogen (secondary N) is 1. The topological polar surface area (TPSA) is 112 Å². The van der Waals surface area contributed by atoms with Gasteiger partial charge in [0.15, 0.2) is 4.34 Å². The maximum atomic E-state index is 12.7. The number of thioether (sulfide) groups is 2. The fourth-order valence-corrected chi connectivity index (χ4v) is 6.59. The summed E-state index contributed by atoms with van der Waals surface area (Å²) >= 11 is 4.32. The van der Waals surface area contributed by atoms with E-state index in [0.717, 1.165) is 14.9 Å². The normalized spacial score (nSPS) is 20.6. The van der Waals surface area contributed by atoms with Gasteiger partial charge in [-0.05, 0) is 18.1 Å². The number of rotatable bonds is 7. The minimum atomic E-state index is -1.13. The molecule has 1 aromatic heterocycles. The number of carbonyl (C=O) groups is 3. The molecule has 2 aliphatic rings. The monoisotopic (exact) mass is 462 g/mol. The number of fused-ring (bicyclic) bond motifs is 1. The highest BCUT2D eigenvalue weighted by molar-refractivity contribution is 8.01. The van der Waals surface area contributed by atoms with Gasteiger partial charge < -0.3 is 10.4 Å². The van der Waals surface area contributed by atoms with Crippen molar-refractivity contribution in [2.75, 3.05) is 11.5 Å². The predicted molar refractivity (Wildman–Crippen MR) is 115 cm³/mol. The summed E-state index contributed by atoms with van der Waals surface area (Å²) in [5.74, 6) is -0.878. The van der Waals surface area contributed by atoms with E-state index in [9.17, 15) is 19.5 Å². The molecule has 2 atom stereocenters. The summed E-state index contributed by atoms with van der Waals surface area (Å²) < 4.78 is 0.762. The molecule has 30 heavy (non-hydrogen) atoms. The van der Waals surface area contributed by atoms with Gasteiger partial charge in [0.25, 0.3) is 5.91 Å². The third-order valence-electron chi connectivity index (χ3n) is 4.65. The fourth-order valence-electron chi connectivity index (χ4n) is 3.29. The van der Waals surface area contributed by atoms with Gasteiger partial charge in [-0.2, -0.15) is 0 Å². The zero-order valence-corrected chi connectivity index (χ0v) is 18.4. The minimum absolute atomic E-state index is 0.0195. The summed E-state index contributed by atoms with van der Waals surface area (Å²) in [7, 11) is 0. The van der Waals surface area contributed by atoms with Crippen molar-refractivity contribution in [3.8, 4) is 0 Å². The number of aliphatic carboxylic acids is 1. The van der Waals surface area contributed by atoms with E-state index in [-0.39, 0.29) is 23.9 Å². The Bertz CT molecular complexity index is 1020. The zero-order chi connectivity index (χ0) is 21.3. The van der Waals surface area contributed by atoms with E-state index in [0.29, 0.717) is 17.1 Å². The molecule has 0 saturated carbocycles. The second-order valence-electron chi connectivity index (χ2n) is 6.75. The van der Waals surface area contributed by atoms with Crippen LogP contribution in [0.1, 0.15) is 10.6 Å². The van der Waals surface area contributed by atoms with Crippen molar-refractivity contribution in [2.45, 2.75) is 29.1 Å². The Hall–Kier alpha value is -2.37. The van der Waals surface area contributed by atoms with Crippen LogP contribution in [0.4, 0.5) is 0 Å². The van der Waals surface area contributed by atoms with Crippen LogP contribution in [0.5, 0.6) is 0 Å². The zero-order valence-electron chi connectivity index (χ0n) is 15.9. The summed E-state index contributed by atoms with van der Waals surface area (Å²) in [4.78, 5) is 38.2. The van der Waals surface area contributed by atoms with Crippen LogP contribution >= 0.6 is 34.9 Å². The van der Waals surface area contributed by atoms with E-state index in [1.54, 1.807) is 0 Å². The van der Waals surface area contributed by atoms with Gasteiger partial charge in [0.2, 0.25) is 5.91 Å². The van der Waals surface area contributed by atoms with Crippen LogP contribution in [0.25, 0.3) is 0 Å². The van der Waals surface area contributed by atoms with Crippen LogP contribution in [-0.4, -0.2) is 60.9 Å². The van der Waals surface area contributed by atoms with Crippen LogP contribution in [0.2, 0.25) is 0 Å². The first-order chi connectivity index (χ1) is 14.4. The lowest BCUT2D eigenvalue weighted by molar-refractivity contribution is -0.150. The van der Waals surface area contributed by atoms with Crippen molar-refractivity contribution in [1.29, 1.82) is 0 Å². The number of hydrogen-bond acceptors (Lipinski definition) is 8.